The van der Waals surface area contributed by atoms with Gasteiger partial charge in [-0.1, -0.05) is 43.4 Å². The molecule has 0 nitrogen and oxygen atoms in total. The Hall–Kier alpha value is -0.780. The molecule has 0 aromatic carbocycles. The van der Waals surface area contributed by atoms with Crippen molar-refractivity contribution in [1.29, 1.82) is 0 Å². The zero-order chi connectivity index (χ0) is 8.10. The van der Waals surface area contributed by atoms with Crippen LogP contribution in [0.25, 0.3) is 0 Å². The van der Waals surface area contributed by atoms with Gasteiger partial charge in [-0.2, -0.15) is 0 Å². The van der Waals surface area contributed by atoms with Crippen molar-refractivity contribution in [1.82, 2.24) is 0 Å². The van der Waals surface area contributed by atoms with Crippen LogP contribution in [-0.4, -0.2) is 0 Å². The van der Waals surface area contributed by atoms with Gasteiger partial charge in [0.1, 0.15) is 0 Å². The molecule has 0 amide bonds. The smallest absolute Gasteiger partial charge is 0.0135 e. The normalized spacial score (nSPS) is 26.2. The Morgan fingerprint density at radius 1 is 1.45 bits per heavy atom. The van der Waals surface area contributed by atoms with E-state index in [0.717, 1.165) is 5.92 Å². The summed E-state index contributed by atoms with van der Waals surface area (Å²) < 4.78 is 0. The third-order valence-electron chi connectivity index (χ3n) is 2.19. The molecule has 0 fully saturated rings. The van der Waals surface area contributed by atoms with Crippen molar-refractivity contribution in [3.05, 3.63) is 36.5 Å². The van der Waals surface area contributed by atoms with E-state index >= 15 is 0 Å². The summed E-state index contributed by atoms with van der Waals surface area (Å²) in [4.78, 5) is 0. The van der Waals surface area contributed by atoms with E-state index in [1.54, 1.807) is 0 Å². The standard InChI is InChI=1S/C11H16/c1-3-7-10(2)11-8-5-4-6-9-11/h3-8,10-11H,9H2,1-2H3. The summed E-state index contributed by atoms with van der Waals surface area (Å²) in [5.74, 6) is 1.40. The molecular weight excluding hydrogens is 132 g/mol. The predicted octanol–water partition coefficient (Wildman–Crippen LogP) is 3.33. The molecule has 0 aromatic heterocycles. The third-order valence-corrected chi connectivity index (χ3v) is 2.19. The number of hydrogen-bond donors (Lipinski definition) is 0. The zero-order valence-electron chi connectivity index (χ0n) is 7.33. The van der Waals surface area contributed by atoms with E-state index in [9.17, 15) is 0 Å². The Morgan fingerprint density at radius 3 is 2.82 bits per heavy atom. The topological polar surface area (TPSA) is 0 Å². The van der Waals surface area contributed by atoms with Crippen LogP contribution in [0.5, 0.6) is 0 Å². The Labute approximate surface area is 69.3 Å². The molecule has 1 rings (SSSR count). The molecule has 0 saturated heterocycles. The Kier molecular flexibility index (Phi) is 3.15. The molecule has 0 bridgehead atoms. The minimum atomic E-state index is 0.682. The number of hydrogen-bond acceptors (Lipinski definition) is 0. The maximum atomic E-state index is 2.30. The second-order valence-electron chi connectivity index (χ2n) is 3.10. The summed E-state index contributed by atoms with van der Waals surface area (Å²) in [6, 6.07) is 0. The van der Waals surface area contributed by atoms with Gasteiger partial charge in [0.15, 0.2) is 0 Å². The lowest BCUT2D eigenvalue weighted by atomic mass is 9.88. The number of allylic oxidation sites excluding steroid dienone is 6. The van der Waals surface area contributed by atoms with Crippen LogP contribution in [0.4, 0.5) is 0 Å². The highest BCUT2D eigenvalue weighted by molar-refractivity contribution is 5.13. The fourth-order valence-electron chi connectivity index (χ4n) is 1.44. The van der Waals surface area contributed by atoms with Crippen LogP contribution in [-0.2, 0) is 0 Å². The van der Waals surface area contributed by atoms with Crippen molar-refractivity contribution in [2.75, 3.05) is 0 Å². The van der Waals surface area contributed by atoms with Crippen LogP contribution >= 0.6 is 0 Å². The maximum absolute atomic E-state index is 2.30. The molecule has 0 spiro atoms. The van der Waals surface area contributed by atoms with Gasteiger partial charge in [-0.05, 0) is 25.2 Å². The van der Waals surface area contributed by atoms with Gasteiger partial charge in [0, 0.05) is 0 Å². The van der Waals surface area contributed by atoms with Crippen LogP contribution in [0.1, 0.15) is 20.3 Å². The summed E-state index contributed by atoms with van der Waals surface area (Å²) in [6.07, 6.45) is 14.4. The lowest BCUT2D eigenvalue weighted by Crippen LogP contribution is -2.06. The monoisotopic (exact) mass is 148 g/mol. The first-order valence-corrected chi connectivity index (χ1v) is 4.30. The molecule has 0 heterocycles. The molecule has 0 aromatic rings. The molecule has 0 heteroatoms. The van der Waals surface area contributed by atoms with Gasteiger partial charge in [0.05, 0.1) is 0 Å². The van der Waals surface area contributed by atoms with Crippen molar-refractivity contribution >= 4 is 0 Å². The van der Waals surface area contributed by atoms with Gasteiger partial charge >= 0.3 is 0 Å². The van der Waals surface area contributed by atoms with Gasteiger partial charge in [0.25, 0.3) is 0 Å². The highest BCUT2D eigenvalue weighted by atomic mass is 14.1. The quantitative estimate of drug-likeness (QED) is 0.527. The van der Waals surface area contributed by atoms with Crippen molar-refractivity contribution in [3.8, 4) is 0 Å². The van der Waals surface area contributed by atoms with Crippen LogP contribution in [0.3, 0.4) is 0 Å². The third kappa shape index (κ3) is 2.38. The summed E-state index contributed by atoms with van der Waals surface area (Å²) >= 11 is 0. The molecule has 60 valence electrons. The highest BCUT2D eigenvalue weighted by Crippen LogP contribution is 2.21. The summed E-state index contributed by atoms with van der Waals surface area (Å²) in [5.41, 5.74) is 0. The first kappa shape index (κ1) is 8.32. The zero-order valence-corrected chi connectivity index (χ0v) is 7.33. The van der Waals surface area contributed by atoms with Crippen molar-refractivity contribution in [3.63, 3.8) is 0 Å². The summed E-state index contributed by atoms with van der Waals surface area (Å²) in [6.45, 7) is 4.35. The fraction of sp³-hybridized carbons (Fsp3) is 0.455. The van der Waals surface area contributed by atoms with Crippen LogP contribution < -0.4 is 0 Å². The van der Waals surface area contributed by atoms with E-state index < -0.39 is 0 Å². The largest absolute Gasteiger partial charge is 0.0914 e. The van der Waals surface area contributed by atoms with Gasteiger partial charge in [-0.25, -0.2) is 0 Å². The summed E-state index contributed by atoms with van der Waals surface area (Å²) in [7, 11) is 0. The Balaban J connectivity index is 2.48. The van der Waals surface area contributed by atoms with Gasteiger partial charge < -0.3 is 0 Å². The van der Waals surface area contributed by atoms with Crippen LogP contribution in [0.2, 0.25) is 0 Å². The van der Waals surface area contributed by atoms with Gasteiger partial charge in [0.2, 0.25) is 0 Å². The van der Waals surface area contributed by atoms with Gasteiger partial charge in [-0.3, -0.25) is 0 Å². The average molecular weight is 148 g/mol. The minimum Gasteiger partial charge on any atom is -0.0914 e. The first-order chi connectivity index (χ1) is 5.34. The van der Waals surface area contributed by atoms with E-state index in [-0.39, 0.29) is 0 Å². The SMILES string of the molecule is CC=CC(C)C1C=CC=CC1. The molecule has 0 saturated carbocycles. The lowest BCUT2D eigenvalue weighted by molar-refractivity contribution is 0.514. The molecule has 0 radical (unpaired) electrons. The maximum Gasteiger partial charge on any atom is -0.0135 e. The van der Waals surface area contributed by atoms with E-state index in [1.807, 2.05) is 0 Å². The van der Waals surface area contributed by atoms with Gasteiger partial charge in [-0.15, -0.1) is 0 Å². The Bertz CT molecular complexity index is 184. The molecular formula is C11H16. The second-order valence-corrected chi connectivity index (χ2v) is 3.10. The highest BCUT2D eigenvalue weighted by Gasteiger charge is 2.10. The lowest BCUT2D eigenvalue weighted by Gasteiger charge is -2.17. The molecule has 0 aliphatic heterocycles. The predicted molar refractivity (Wildman–Crippen MR) is 50.4 cm³/mol. The molecule has 1 aliphatic rings. The number of rotatable bonds is 2. The molecule has 1 aliphatic carbocycles. The fourth-order valence-corrected chi connectivity index (χ4v) is 1.44. The van der Waals surface area contributed by atoms with E-state index in [4.69, 9.17) is 0 Å². The molecule has 2 atom stereocenters. The molecule has 2 unspecified atom stereocenters. The van der Waals surface area contributed by atoms with Crippen molar-refractivity contribution in [2.24, 2.45) is 11.8 Å². The van der Waals surface area contributed by atoms with Crippen molar-refractivity contribution < 1.29 is 0 Å². The Morgan fingerprint density at radius 2 is 2.27 bits per heavy atom. The van der Waals surface area contributed by atoms with Crippen LogP contribution in [0.15, 0.2) is 36.5 Å². The first-order valence-electron chi connectivity index (χ1n) is 4.30. The molecule has 11 heavy (non-hydrogen) atoms. The molecule has 0 N–H and O–H groups in total. The van der Waals surface area contributed by atoms with E-state index in [1.165, 1.54) is 6.42 Å². The van der Waals surface area contributed by atoms with E-state index in [0.29, 0.717) is 5.92 Å². The minimum absolute atomic E-state index is 0.682. The van der Waals surface area contributed by atoms with Crippen molar-refractivity contribution in [2.45, 2.75) is 20.3 Å². The average Bonchev–Trinajstić information content (AvgIpc) is 2.07. The second kappa shape index (κ2) is 4.17. The van der Waals surface area contributed by atoms with E-state index in [2.05, 4.69) is 50.3 Å². The van der Waals surface area contributed by atoms with Crippen LogP contribution in [0, 0.1) is 11.8 Å². The summed E-state index contributed by atoms with van der Waals surface area (Å²) in [5, 5.41) is 0.